The van der Waals surface area contributed by atoms with Crippen molar-refractivity contribution >= 4 is 6.16 Å². The van der Waals surface area contributed by atoms with Gasteiger partial charge in [-0.05, 0) is 6.42 Å². The van der Waals surface area contributed by atoms with E-state index in [1.807, 2.05) is 0 Å². The first-order valence-corrected chi connectivity index (χ1v) is 3.38. The van der Waals surface area contributed by atoms with Crippen LogP contribution in [0.3, 0.4) is 0 Å². The first kappa shape index (κ1) is 8.29. The maximum Gasteiger partial charge on any atom is 0.514 e. The van der Waals surface area contributed by atoms with Crippen molar-refractivity contribution < 1.29 is 24.5 Å². The Labute approximate surface area is 63.5 Å². The van der Waals surface area contributed by atoms with Crippen LogP contribution in [0.25, 0.3) is 0 Å². The highest BCUT2D eigenvalue weighted by Crippen LogP contribution is 2.17. The van der Waals surface area contributed by atoms with Crippen LogP contribution in [0.15, 0.2) is 0 Å². The van der Waals surface area contributed by atoms with Gasteiger partial charge in [0, 0.05) is 0 Å². The van der Waals surface area contributed by atoms with Crippen LogP contribution in [0, 0.1) is 0 Å². The molecule has 11 heavy (non-hydrogen) atoms. The Balaban J connectivity index is 2.30. The summed E-state index contributed by atoms with van der Waals surface area (Å²) in [6, 6.07) is 0. The summed E-state index contributed by atoms with van der Waals surface area (Å²) in [7, 11) is 0. The number of aliphatic hydroxyl groups excluding tert-OH is 2. The Morgan fingerprint density at radius 1 is 1.55 bits per heavy atom. The normalized spacial score (nSPS) is 23.0. The van der Waals surface area contributed by atoms with Gasteiger partial charge < -0.3 is 19.7 Å². The fraction of sp³-hybridized carbons (Fsp3) is 0.833. The van der Waals surface area contributed by atoms with Crippen molar-refractivity contribution in [3.8, 4) is 0 Å². The molecule has 1 aliphatic rings. The number of rotatable bonds is 3. The molecule has 2 unspecified atom stereocenters. The van der Waals surface area contributed by atoms with Crippen LogP contribution in [0.4, 0.5) is 4.79 Å². The molecule has 1 rings (SSSR count). The highest BCUT2D eigenvalue weighted by molar-refractivity contribution is 5.64. The molecule has 0 spiro atoms. The van der Waals surface area contributed by atoms with Crippen LogP contribution < -0.4 is 0 Å². The molecule has 1 saturated heterocycles. The van der Waals surface area contributed by atoms with Crippen molar-refractivity contribution in [2.24, 2.45) is 0 Å². The lowest BCUT2D eigenvalue weighted by Gasteiger charge is -2.31. The second-order valence-corrected chi connectivity index (χ2v) is 2.32. The van der Waals surface area contributed by atoms with Crippen LogP contribution >= 0.6 is 0 Å². The molecule has 0 bridgehead atoms. The van der Waals surface area contributed by atoms with Gasteiger partial charge >= 0.3 is 6.16 Å². The van der Waals surface area contributed by atoms with E-state index in [0.29, 0.717) is 6.42 Å². The van der Waals surface area contributed by atoms with E-state index in [-0.39, 0.29) is 0 Å². The first-order valence-electron chi connectivity index (χ1n) is 3.38. The molecule has 64 valence electrons. The monoisotopic (exact) mass is 162 g/mol. The van der Waals surface area contributed by atoms with E-state index in [4.69, 9.17) is 10.2 Å². The fourth-order valence-corrected chi connectivity index (χ4v) is 0.761. The lowest BCUT2D eigenvalue weighted by Crippen LogP contribution is -2.49. The Morgan fingerprint density at radius 2 is 2.09 bits per heavy atom. The molecule has 1 aliphatic heterocycles. The summed E-state index contributed by atoms with van der Waals surface area (Å²) in [6.07, 6.45) is -3.46. The number of hydrogen-bond acceptors (Lipinski definition) is 5. The second kappa shape index (κ2) is 3.06. The summed E-state index contributed by atoms with van der Waals surface area (Å²) in [5, 5.41) is 18.1. The van der Waals surface area contributed by atoms with E-state index >= 15 is 0 Å². The van der Waals surface area contributed by atoms with Crippen molar-refractivity contribution in [2.45, 2.75) is 31.8 Å². The Hall–Kier alpha value is -0.810. The van der Waals surface area contributed by atoms with Crippen molar-refractivity contribution in [2.75, 3.05) is 0 Å². The second-order valence-electron chi connectivity index (χ2n) is 2.32. The van der Waals surface area contributed by atoms with E-state index in [0.717, 1.165) is 0 Å². The number of hydrogen-bond donors (Lipinski definition) is 2. The number of carbonyl (C=O) groups excluding carboxylic acids is 1. The third-order valence-electron chi connectivity index (χ3n) is 1.52. The van der Waals surface area contributed by atoms with E-state index in [9.17, 15) is 4.79 Å². The van der Waals surface area contributed by atoms with Crippen LogP contribution in [0.2, 0.25) is 0 Å². The molecule has 2 atom stereocenters. The Morgan fingerprint density at radius 3 is 2.45 bits per heavy atom. The molecular formula is C6H10O5. The van der Waals surface area contributed by atoms with Crippen LogP contribution in [0.1, 0.15) is 13.3 Å². The van der Waals surface area contributed by atoms with Crippen molar-refractivity contribution in [1.82, 2.24) is 0 Å². The van der Waals surface area contributed by atoms with Gasteiger partial charge in [-0.3, -0.25) is 0 Å². The third kappa shape index (κ3) is 1.61. The van der Waals surface area contributed by atoms with E-state index in [2.05, 4.69) is 9.47 Å². The summed E-state index contributed by atoms with van der Waals surface area (Å²) in [5.74, 6) is 0. The van der Waals surface area contributed by atoms with Crippen molar-refractivity contribution in [3.05, 3.63) is 0 Å². The molecule has 0 amide bonds. The summed E-state index contributed by atoms with van der Waals surface area (Å²) in [4.78, 5) is 10.1. The number of aliphatic hydroxyl groups is 2. The summed E-state index contributed by atoms with van der Waals surface area (Å²) >= 11 is 0. The first-order chi connectivity index (χ1) is 5.15. The molecule has 0 saturated carbocycles. The Bertz CT molecular complexity index is 149. The van der Waals surface area contributed by atoms with Crippen LogP contribution in [0.5, 0.6) is 0 Å². The third-order valence-corrected chi connectivity index (χ3v) is 1.52. The van der Waals surface area contributed by atoms with E-state index in [1.54, 1.807) is 6.92 Å². The molecule has 5 heteroatoms. The number of carbonyl (C=O) groups is 1. The molecule has 0 aliphatic carbocycles. The lowest BCUT2D eigenvalue weighted by atomic mass is 10.1. The van der Waals surface area contributed by atoms with Gasteiger partial charge in [0.1, 0.15) is 0 Å². The zero-order chi connectivity index (χ0) is 8.43. The minimum atomic E-state index is -1.14. The number of cyclic esters (lactones) is 2. The maximum absolute atomic E-state index is 10.1. The minimum absolute atomic E-state index is 0.387. The molecule has 5 nitrogen and oxygen atoms in total. The van der Waals surface area contributed by atoms with E-state index < -0.39 is 24.7 Å². The minimum Gasteiger partial charge on any atom is -0.390 e. The van der Waals surface area contributed by atoms with Gasteiger partial charge in [0.05, 0.1) is 6.10 Å². The lowest BCUT2D eigenvalue weighted by molar-refractivity contribution is -0.243. The topological polar surface area (TPSA) is 76.0 Å². The average Bonchev–Trinajstić information content (AvgIpc) is 1.96. The van der Waals surface area contributed by atoms with E-state index in [1.165, 1.54) is 0 Å². The van der Waals surface area contributed by atoms with Crippen LogP contribution in [-0.4, -0.2) is 34.9 Å². The number of ether oxygens (including phenoxy) is 2. The van der Waals surface area contributed by atoms with Crippen molar-refractivity contribution in [1.29, 1.82) is 0 Å². The molecule has 2 N–H and O–H groups in total. The highest BCUT2D eigenvalue weighted by Gasteiger charge is 2.39. The van der Waals surface area contributed by atoms with Gasteiger partial charge in [-0.25, -0.2) is 4.79 Å². The zero-order valence-corrected chi connectivity index (χ0v) is 6.06. The standard InChI is InChI=1S/C6H10O5/c1-2-3(7)4(8)5-10-6(9)11-5/h3-5,7-8H,2H2,1H3. The largest absolute Gasteiger partial charge is 0.514 e. The van der Waals surface area contributed by atoms with Gasteiger partial charge in [-0.2, -0.15) is 0 Å². The molecule has 0 aromatic carbocycles. The average molecular weight is 162 g/mol. The van der Waals surface area contributed by atoms with Crippen LogP contribution in [-0.2, 0) is 9.47 Å². The van der Waals surface area contributed by atoms with Gasteiger partial charge in [-0.15, -0.1) is 0 Å². The zero-order valence-electron chi connectivity index (χ0n) is 6.06. The summed E-state index contributed by atoms with van der Waals surface area (Å²) in [5.41, 5.74) is 0. The quantitative estimate of drug-likeness (QED) is 0.553. The Kier molecular flexibility index (Phi) is 2.31. The summed E-state index contributed by atoms with van der Waals surface area (Å²) < 4.78 is 8.71. The molecule has 1 heterocycles. The summed E-state index contributed by atoms with van der Waals surface area (Å²) in [6.45, 7) is 1.70. The van der Waals surface area contributed by atoms with Crippen molar-refractivity contribution in [3.63, 3.8) is 0 Å². The van der Waals surface area contributed by atoms with Gasteiger partial charge in [0.2, 0.25) is 0 Å². The SMILES string of the molecule is CCC(O)C(O)C1OC(=O)O1. The fourth-order valence-electron chi connectivity index (χ4n) is 0.761. The predicted octanol–water partition coefficient (Wildman–Crippen LogP) is -0.389. The van der Waals surface area contributed by atoms with Gasteiger partial charge in [0.25, 0.3) is 6.29 Å². The molecule has 0 aromatic rings. The molecule has 0 aromatic heterocycles. The molecular weight excluding hydrogens is 152 g/mol. The van der Waals surface area contributed by atoms with Gasteiger partial charge in [-0.1, -0.05) is 6.92 Å². The molecule has 0 radical (unpaired) electrons. The molecule has 1 fully saturated rings. The maximum atomic E-state index is 10.1. The predicted molar refractivity (Wildman–Crippen MR) is 33.7 cm³/mol. The highest BCUT2D eigenvalue weighted by atomic mass is 16.9. The smallest absolute Gasteiger partial charge is 0.390 e. The van der Waals surface area contributed by atoms with Gasteiger partial charge in [0.15, 0.2) is 6.10 Å².